The molecule has 1 rings (SSSR count). The quantitative estimate of drug-likeness (QED) is 0.530. The van der Waals surface area contributed by atoms with Crippen molar-refractivity contribution < 1.29 is 19.0 Å². The molecule has 1 aliphatic rings. The predicted molar refractivity (Wildman–Crippen MR) is 64.8 cm³/mol. The first-order valence-corrected chi connectivity index (χ1v) is 6.45. The highest BCUT2D eigenvalue weighted by Crippen LogP contribution is 2.30. The van der Waals surface area contributed by atoms with Crippen LogP contribution in [0.15, 0.2) is 0 Å². The minimum Gasteiger partial charge on any atom is -0.460 e. The molecule has 0 aromatic rings. The van der Waals surface area contributed by atoms with Crippen molar-refractivity contribution in [1.29, 1.82) is 0 Å². The monoisotopic (exact) mass is 244 g/mol. The maximum absolute atomic E-state index is 11.0. The van der Waals surface area contributed by atoms with E-state index in [1.54, 1.807) is 7.11 Å². The van der Waals surface area contributed by atoms with E-state index in [2.05, 4.69) is 6.92 Å². The van der Waals surface area contributed by atoms with Gasteiger partial charge in [0.2, 0.25) is 0 Å². The molecule has 1 aliphatic carbocycles. The van der Waals surface area contributed by atoms with Crippen LogP contribution in [0.1, 0.15) is 39.5 Å². The van der Waals surface area contributed by atoms with Gasteiger partial charge in [-0.1, -0.05) is 13.3 Å². The first kappa shape index (κ1) is 14.5. The van der Waals surface area contributed by atoms with E-state index in [1.807, 2.05) is 0 Å². The highest BCUT2D eigenvalue weighted by molar-refractivity contribution is 5.66. The van der Waals surface area contributed by atoms with Crippen molar-refractivity contribution in [2.45, 2.75) is 51.7 Å². The predicted octanol–water partition coefficient (Wildman–Crippen LogP) is 2.16. The van der Waals surface area contributed by atoms with Gasteiger partial charge in [0.1, 0.15) is 6.10 Å². The van der Waals surface area contributed by atoms with Gasteiger partial charge < -0.3 is 14.2 Å². The number of hydrogen-bond acceptors (Lipinski definition) is 4. The Morgan fingerprint density at radius 2 is 2.00 bits per heavy atom. The van der Waals surface area contributed by atoms with E-state index in [9.17, 15) is 4.79 Å². The minimum absolute atomic E-state index is 0.0350. The second kappa shape index (κ2) is 7.67. The second-order valence-corrected chi connectivity index (χ2v) is 4.64. The van der Waals surface area contributed by atoms with E-state index in [-0.39, 0.29) is 18.2 Å². The van der Waals surface area contributed by atoms with Crippen LogP contribution in [0.4, 0.5) is 0 Å². The topological polar surface area (TPSA) is 44.8 Å². The molecule has 0 aromatic carbocycles. The molecule has 0 amide bonds. The van der Waals surface area contributed by atoms with Crippen molar-refractivity contribution in [3.63, 3.8) is 0 Å². The van der Waals surface area contributed by atoms with Gasteiger partial charge >= 0.3 is 5.97 Å². The molecule has 0 aliphatic heterocycles. The third-order valence-corrected chi connectivity index (χ3v) is 3.35. The molecule has 1 saturated carbocycles. The van der Waals surface area contributed by atoms with Gasteiger partial charge in [0.25, 0.3) is 0 Å². The van der Waals surface area contributed by atoms with Crippen LogP contribution in [0.3, 0.4) is 0 Å². The van der Waals surface area contributed by atoms with Crippen molar-refractivity contribution in [1.82, 2.24) is 0 Å². The van der Waals surface area contributed by atoms with Gasteiger partial charge in [-0.15, -0.1) is 0 Å². The Kier molecular flexibility index (Phi) is 6.52. The number of carbonyl (C=O) groups excluding carboxylic acids is 1. The standard InChI is InChI=1S/C13H24O4/c1-4-11-5-6-12(17-10(2)14)13(9-11)16-8-7-15-3/h11-13H,4-9H2,1-3H3. The van der Waals surface area contributed by atoms with Crippen LogP contribution < -0.4 is 0 Å². The van der Waals surface area contributed by atoms with Gasteiger partial charge in [0.05, 0.1) is 19.3 Å². The normalized spacial score (nSPS) is 29.0. The average molecular weight is 244 g/mol. The molecule has 17 heavy (non-hydrogen) atoms. The molecule has 4 nitrogen and oxygen atoms in total. The van der Waals surface area contributed by atoms with Crippen LogP contribution in [0.5, 0.6) is 0 Å². The second-order valence-electron chi connectivity index (χ2n) is 4.64. The van der Waals surface area contributed by atoms with Crippen molar-refractivity contribution in [2.24, 2.45) is 5.92 Å². The summed E-state index contributed by atoms with van der Waals surface area (Å²) in [6.07, 6.45) is 4.14. The zero-order valence-electron chi connectivity index (χ0n) is 11.1. The molecule has 4 heteroatoms. The summed E-state index contributed by atoms with van der Waals surface area (Å²) in [5, 5.41) is 0. The molecular weight excluding hydrogens is 220 g/mol. The zero-order chi connectivity index (χ0) is 12.7. The lowest BCUT2D eigenvalue weighted by atomic mass is 9.83. The fourth-order valence-corrected chi connectivity index (χ4v) is 2.36. The van der Waals surface area contributed by atoms with Crippen LogP contribution >= 0.6 is 0 Å². The van der Waals surface area contributed by atoms with E-state index >= 15 is 0 Å². The summed E-state index contributed by atoms with van der Waals surface area (Å²) in [5.41, 5.74) is 0. The Bertz CT molecular complexity index is 229. The molecular formula is C13H24O4. The first-order valence-electron chi connectivity index (χ1n) is 6.45. The van der Waals surface area contributed by atoms with Gasteiger partial charge in [0, 0.05) is 14.0 Å². The number of ether oxygens (including phenoxy) is 3. The van der Waals surface area contributed by atoms with Crippen LogP contribution in [-0.2, 0) is 19.0 Å². The zero-order valence-corrected chi connectivity index (χ0v) is 11.1. The number of hydrogen-bond donors (Lipinski definition) is 0. The lowest BCUT2D eigenvalue weighted by Gasteiger charge is -2.35. The molecule has 0 saturated heterocycles. The summed E-state index contributed by atoms with van der Waals surface area (Å²) in [6, 6.07) is 0. The van der Waals surface area contributed by atoms with Crippen LogP contribution in [0, 0.1) is 5.92 Å². The average Bonchev–Trinajstić information content (AvgIpc) is 2.30. The smallest absolute Gasteiger partial charge is 0.302 e. The Labute approximate surface area is 104 Å². The fourth-order valence-electron chi connectivity index (χ4n) is 2.36. The SMILES string of the molecule is CCC1CCC(OC(C)=O)C(OCCOC)C1. The maximum Gasteiger partial charge on any atom is 0.302 e. The third kappa shape index (κ3) is 5.04. The Hall–Kier alpha value is -0.610. The summed E-state index contributed by atoms with van der Waals surface area (Å²) < 4.78 is 16.1. The largest absolute Gasteiger partial charge is 0.460 e. The van der Waals surface area contributed by atoms with E-state index in [4.69, 9.17) is 14.2 Å². The summed E-state index contributed by atoms with van der Waals surface area (Å²) in [7, 11) is 1.66. The van der Waals surface area contributed by atoms with Crippen molar-refractivity contribution in [2.75, 3.05) is 20.3 Å². The first-order chi connectivity index (χ1) is 8.17. The van der Waals surface area contributed by atoms with Crippen LogP contribution in [-0.4, -0.2) is 38.5 Å². The Morgan fingerprint density at radius 1 is 1.24 bits per heavy atom. The molecule has 0 radical (unpaired) electrons. The summed E-state index contributed by atoms with van der Waals surface area (Å²) in [6.45, 7) is 4.80. The van der Waals surface area contributed by atoms with Crippen LogP contribution in [0.25, 0.3) is 0 Å². The maximum atomic E-state index is 11.0. The third-order valence-electron chi connectivity index (χ3n) is 3.35. The molecule has 0 spiro atoms. The molecule has 3 atom stereocenters. The van der Waals surface area contributed by atoms with Crippen molar-refractivity contribution >= 4 is 5.97 Å². The van der Waals surface area contributed by atoms with Gasteiger partial charge in [-0.05, 0) is 25.2 Å². The highest BCUT2D eigenvalue weighted by atomic mass is 16.6. The molecule has 0 bridgehead atoms. The van der Waals surface area contributed by atoms with E-state index in [0.29, 0.717) is 19.1 Å². The van der Waals surface area contributed by atoms with E-state index < -0.39 is 0 Å². The number of rotatable bonds is 6. The molecule has 1 fully saturated rings. The van der Waals surface area contributed by atoms with Crippen LogP contribution in [0.2, 0.25) is 0 Å². The van der Waals surface area contributed by atoms with E-state index in [0.717, 1.165) is 25.7 Å². The van der Waals surface area contributed by atoms with Gasteiger partial charge in [0.15, 0.2) is 0 Å². The minimum atomic E-state index is -0.217. The van der Waals surface area contributed by atoms with Gasteiger partial charge in [-0.3, -0.25) is 4.79 Å². The van der Waals surface area contributed by atoms with E-state index in [1.165, 1.54) is 6.92 Å². The lowest BCUT2D eigenvalue weighted by molar-refractivity contribution is -0.161. The Morgan fingerprint density at radius 3 is 2.59 bits per heavy atom. The number of carbonyl (C=O) groups is 1. The van der Waals surface area contributed by atoms with Crippen molar-refractivity contribution in [3.8, 4) is 0 Å². The Balaban J connectivity index is 2.45. The summed E-state index contributed by atoms with van der Waals surface area (Å²) in [4.78, 5) is 11.0. The molecule has 3 unspecified atom stereocenters. The summed E-state index contributed by atoms with van der Waals surface area (Å²) >= 11 is 0. The van der Waals surface area contributed by atoms with Gasteiger partial charge in [-0.25, -0.2) is 0 Å². The lowest BCUT2D eigenvalue weighted by Crippen LogP contribution is -2.39. The highest BCUT2D eigenvalue weighted by Gasteiger charge is 2.32. The van der Waals surface area contributed by atoms with Crippen molar-refractivity contribution in [3.05, 3.63) is 0 Å². The molecule has 100 valence electrons. The molecule has 0 heterocycles. The van der Waals surface area contributed by atoms with Gasteiger partial charge in [-0.2, -0.15) is 0 Å². The number of esters is 1. The molecule has 0 aromatic heterocycles. The fraction of sp³-hybridized carbons (Fsp3) is 0.923. The number of methoxy groups -OCH3 is 1. The molecule has 0 N–H and O–H groups in total. The summed E-state index contributed by atoms with van der Waals surface area (Å²) in [5.74, 6) is 0.472.